The third kappa shape index (κ3) is 7.11. The fourth-order valence-electron chi connectivity index (χ4n) is 7.59. The molecule has 5 amide bonds. The van der Waals surface area contributed by atoms with E-state index >= 15 is 0 Å². The summed E-state index contributed by atoms with van der Waals surface area (Å²) in [6.07, 6.45) is 2.56. The zero-order chi connectivity index (χ0) is 38.2. The van der Waals surface area contributed by atoms with Gasteiger partial charge in [0, 0.05) is 37.8 Å². The van der Waals surface area contributed by atoms with Gasteiger partial charge in [-0.25, -0.2) is 14.6 Å². The number of imidazole rings is 1. The second-order valence-electron chi connectivity index (χ2n) is 13.9. The summed E-state index contributed by atoms with van der Waals surface area (Å²) in [5.74, 6) is 0.212. The number of hydrogen-bond donors (Lipinski definition) is 8. The molecule has 18 nitrogen and oxygen atoms in total. The van der Waals surface area contributed by atoms with Crippen LogP contribution in [0.4, 0.5) is 27.0 Å². The lowest BCUT2D eigenvalue weighted by Crippen LogP contribution is -2.46. The van der Waals surface area contributed by atoms with Crippen molar-refractivity contribution in [2.45, 2.75) is 49.1 Å². The van der Waals surface area contributed by atoms with Gasteiger partial charge in [-0.05, 0) is 60.4 Å². The first-order valence-corrected chi connectivity index (χ1v) is 17.9. The number of phenols is 2. The van der Waals surface area contributed by atoms with Gasteiger partial charge in [-0.15, -0.1) is 0 Å². The number of nitrogens with one attached hydrogen (secondary N) is 4. The van der Waals surface area contributed by atoms with Crippen molar-refractivity contribution in [2.24, 2.45) is 0 Å². The number of aromatic nitrogens is 5. The second-order valence-corrected chi connectivity index (χ2v) is 13.9. The first-order valence-electron chi connectivity index (χ1n) is 17.9. The van der Waals surface area contributed by atoms with Gasteiger partial charge < -0.3 is 51.2 Å². The van der Waals surface area contributed by atoms with E-state index in [1.54, 1.807) is 53.4 Å². The quantitative estimate of drug-likeness (QED) is 0.0953. The summed E-state index contributed by atoms with van der Waals surface area (Å²) < 4.78 is 1.64. The van der Waals surface area contributed by atoms with Crippen molar-refractivity contribution in [2.75, 3.05) is 41.7 Å². The van der Waals surface area contributed by atoms with Gasteiger partial charge in [0.15, 0.2) is 17.0 Å². The number of amides is 5. The highest BCUT2D eigenvalue weighted by atomic mass is 16.3. The van der Waals surface area contributed by atoms with E-state index in [1.807, 2.05) is 29.2 Å². The zero-order valence-corrected chi connectivity index (χ0v) is 29.4. The number of urea groups is 2. The minimum absolute atomic E-state index is 0.0561. The largest absolute Gasteiger partial charge is 0.508 e. The molecule has 8 N–H and O–H groups in total. The van der Waals surface area contributed by atoms with Crippen LogP contribution in [0.5, 0.6) is 11.5 Å². The van der Waals surface area contributed by atoms with E-state index in [4.69, 9.17) is 9.97 Å². The third-order valence-corrected chi connectivity index (χ3v) is 10.4. The highest BCUT2D eigenvalue weighted by molar-refractivity contribution is 6.02. The van der Waals surface area contributed by atoms with Crippen LogP contribution in [0.25, 0.3) is 11.2 Å². The van der Waals surface area contributed by atoms with Crippen molar-refractivity contribution in [1.29, 1.82) is 0 Å². The van der Waals surface area contributed by atoms with Crippen LogP contribution in [0.2, 0.25) is 0 Å². The Bertz CT molecular complexity index is 2140. The van der Waals surface area contributed by atoms with E-state index in [2.05, 4.69) is 31.2 Å². The van der Waals surface area contributed by atoms with Crippen molar-refractivity contribution in [3.8, 4) is 11.5 Å². The van der Waals surface area contributed by atoms with E-state index in [9.17, 15) is 34.8 Å². The van der Waals surface area contributed by atoms with Crippen LogP contribution in [-0.2, 0) is 4.79 Å². The predicted molar refractivity (Wildman–Crippen MR) is 199 cm³/mol. The van der Waals surface area contributed by atoms with E-state index in [0.717, 1.165) is 16.0 Å². The van der Waals surface area contributed by atoms with Gasteiger partial charge in [-0.1, -0.05) is 24.3 Å². The number of phenolic OH excluding ortho intramolecular Hbond substituents is 2. The fourth-order valence-corrected chi connectivity index (χ4v) is 7.59. The minimum atomic E-state index is -1.41. The molecule has 1 saturated carbocycles. The van der Waals surface area contributed by atoms with Gasteiger partial charge in [0.2, 0.25) is 11.9 Å². The molecule has 5 atom stereocenters. The molecule has 5 aromatic rings. The zero-order valence-electron chi connectivity index (χ0n) is 29.4. The number of aromatic hydroxyl groups is 2. The van der Waals surface area contributed by atoms with Gasteiger partial charge in [-0.3, -0.25) is 14.7 Å². The standard InChI is InChI=1S/C37H39N11O7/c49-24-7-3-20(4-8-24)26(21-5-9-25(50)10-6-21)16-39-33-30-34(47(19-41-30)27-14-28(32(53)31(27)52)48-29(51)17-40-37(48)55)45-35(44-33)46-13-11-23(18-46)43-36(54)42-22-2-1-12-38-15-22/h1-10,12,15,19,23,26-28,31-32,49-50,52-53H,11,13-14,16-18H2,(H,40,55)(H,39,44,45)(H2,42,43,54)/t23-,27-,28+,31+,32-/m1/s1. The Hall–Kier alpha value is -6.53. The number of aliphatic hydroxyl groups is 2. The number of benzene rings is 2. The van der Waals surface area contributed by atoms with Crippen molar-refractivity contribution >= 4 is 46.6 Å². The smallest absolute Gasteiger partial charge is 0.324 e. The molecule has 18 heteroatoms. The number of fused-ring (bicyclic) bond motifs is 1. The van der Waals surface area contributed by atoms with E-state index in [0.29, 0.717) is 54.7 Å². The molecule has 0 unspecified atom stereocenters. The van der Waals surface area contributed by atoms with Crippen molar-refractivity contribution in [3.05, 3.63) is 90.5 Å². The maximum Gasteiger partial charge on any atom is 0.324 e. The Balaban J connectivity index is 1.11. The lowest BCUT2D eigenvalue weighted by Gasteiger charge is -2.23. The number of aliphatic hydroxyl groups excluding tert-OH is 2. The number of anilines is 3. The predicted octanol–water partition coefficient (Wildman–Crippen LogP) is 1.86. The highest BCUT2D eigenvalue weighted by Gasteiger charge is 2.50. The first-order chi connectivity index (χ1) is 26.6. The summed E-state index contributed by atoms with van der Waals surface area (Å²) in [6, 6.07) is 14.2. The summed E-state index contributed by atoms with van der Waals surface area (Å²) in [4.78, 5) is 59.3. The number of rotatable bonds is 10. The molecule has 0 radical (unpaired) electrons. The normalized spacial score (nSPS) is 22.4. The van der Waals surface area contributed by atoms with Crippen molar-refractivity contribution in [1.82, 2.24) is 40.0 Å². The molecule has 2 saturated heterocycles. The maximum atomic E-state index is 12.8. The summed E-state index contributed by atoms with van der Waals surface area (Å²) in [6.45, 7) is 1.03. The molecule has 5 heterocycles. The Morgan fingerprint density at radius 1 is 0.945 bits per heavy atom. The van der Waals surface area contributed by atoms with Crippen LogP contribution in [0, 0.1) is 0 Å². The monoisotopic (exact) mass is 749 g/mol. The molecule has 2 aromatic carbocycles. The Labute approximate surface area is 313 Å². The Morgan fingerprint density at radius 2 is 1.65 bits per heavy atom. The Kier molecular flexibility index (Phi) is 9.50. The van der Waals surface area contributed by atoms with Crippen LogP contribution < -0.4 is 26.2 Å². The third-order valence-electron chi connectivity index (χ3n) is 10.4. The fraction of sp³-hybridized carbons (Fsp3) is 0.324. The van der Waals surface area contributed by atoms with E-state index < -0.39 is 36.2 Å². The van der Waals surface area contributed by atoms with Crippen LogP contribution in [0.3, 0.4) is 0 Å². The highest BCUT2D eigenvalue weighted by Crippen LogP contribution is 2.38. The molecule has 3 aromatic heterocycles. The second kappa shape index (κ2) is 14.7. The number of pyridine rings is 1. The van der Waals surface area contributed by atoms with E-state index in [1.165, 1.54) is 6.33 Å². The number of nitrogens with zero attached hydrogens (tertiary/aromatic N) is 7. The lowest BCUT2D eigenvalue weighted by molar-refractivity contribution is -0.128. The summed E-state index contributed by atoms with van der Waals surface area (Å²) >= 11 is 0. The molecule has 3 aliphatic rings. The molecular weight excluding hydrogens is 710 g/mol. The Morgan fingerprint density at radius 3 is 2.31 bits per heavy atom. The summed E-state index contributed by atoms with van der Waals surface area (Å²) in [5.41, 5.74) is 3.06. The number of hydrogen-bond acceptors (Lipinski definition) is 13. The average molecular weight is 750 g/mol. The molecule has 3 fully saturated rings. The minimum Gasteiger partial charge on any atom is -0.508 e. The van der Waals surface area contributed by atoms with Gasteiger partial charge >= 0.3 is 12.1 Å². The van der Waals surface area contributed by atoms with Gasteiger partial charge in [0.25, 0.3) is 0 Å². The van der Waals surface area contributed by atoms with Crippen LogP contribution >= 0.6 is 0 Å². The molecule has 2 aliphatic heterocycles. The molecule has 8 rings (SSSR count). The van der Waals surface area contributed by atoms with Gasteiger partial charge in [-0.2, -0.15) is 9.97 Å². The van der Waals surface area contributed by atoms with Crippen molar-refractivity contribution < 1.29 is 34.8 Å². The number of imide groups is 1. The van der Waals surface area contributed by atoms with Crippen LogP contribution in [0.15, 0.2) is 79.4 Å². The summed E-state index contributed by atoms with van der Waals surface area (Å²) in [5, 5.41) is 54.1. The molecule has 0 bridgehead atoms. The topological polar surface area (TPSA) is 243 Å². The van der Waals surface area contributed by atoms with Crippen molar-refractivity contribution in [3.63, 3.8) is 0 Å². The summed E-state index contributed by atoms with van der Waals surface area (Å²) in [7, 11) is 0. The lowest BCUT2D eigenvalue weighted by atomic mass is 9.91. The van der Waals surface area contributed by atoms with E-state index in [-0.39, 0.29) is 42.5 Å². The maximum absolute atomic E-state index is 12.8. The molecular formula is C37H39N11O7. The number of carbonyl (C=O) groups excluding carboxylic acids is 3. The molecule has 284 valence electrons. The van der Waals surface area contributed by atoms with Gasteiger partial charge in [0.1, 0.15) is 23.7 Å². The number of carbonyl (C=O) groups is 3. The SMILES string of the molecule is O=C(Nc1cccnc1)N[C@@H]1CCN(c2nc(NCC(c3ccc(O)cc3)c3ccc(O)cc3)c3ncn([C@@H]4C[C@H](N5C(=O)CNC5=O)[C@@H](O)[C@H]4O)c3n2)C1. The average Bonchev–Trinajstić information content (AvgIpc) is 3.97. The molecule has 55 heavy (non-hydrogen) atoms. The first kappa shape index (κ1) is 35.5. The van der Waals surface area contributed by atoms with Crippen LogP contribution in [-0.4, -0.2) is 118 Å². The van der Waals surface area contributed by atoms with Gasteiger partial charge in [0.05, 0.1) is 36.8 Å². The van der Waals surface area contributed by atoms with Crippen LogP contribution in [0.1, 0.15) is 35.9 Å². The molecule has 1 aliphatic carbocycles. The molecule has 0 spiro atoms.